The van der Waals surface area contributed by atoms with E-state index in [0.717, 1.165) is 0 Å². The molecular weight excluding hydrogens is 274 g/mol. The summed E-state index contributed by atoms with van der Waals surface area (Å²) in [5.74, 6) is 1.27. The molecule has 1 unspecified atom stereocenters. The van der Waals surface area contributed by atoms with Crippen LogP contribution < -0.4 is 5.32 Å². The van der Waals surface area contributed by atoms with Crippen molar-refractivity contribution in [3.8, 4) is 0 Å². The molecule has 0 aliphatic rings. The molecule has 1 atom stereocenters. The molecule has 0 saturated carbocycles. The summed E-state index contributed by atoms with van der Waals surface area (Å²) in [6, 6.07) is 20.7. The van der Waals surface area contributed by atoms with Crippen molar-refractivity contribution in [1.82, 2.24) is 15.5 Å². The number of rotatable bonds is 6. The zero-order valence-corrected chi connectivity index (χ0v) is 12.6. The van der Waals surface area contributed by atoms with E-state index in [-0.39, 0.29) is 6.04 Å². The lowest BCUT2D eigenvalue weighted by atomic mass is 10.1. The van der Waals surface area contributed by atoms with Crippen molar-refractivity contribution in [1.29, 1.82) is 0 Å². The van der Waals surface area contributed by atoms with Gasteiger partial charge in [-0.25, -0.2) is 0 Å². The molecule has 4 nitrogen and oxygen atoms in total. The maximum absolute atomic E-state index is 5.69. The van der Waals surface area contributed by atoms with E-state index in [1.54, 1.807) is 0 Å². The number of nitrogens with one attached hydrogen (secondary N) is 1. The summed E-state index contributed by atoms with van der Waals surface area (Å²) >= 11 is 0. The minimum Gasteiger partial charge on any atom is -0.424 e. The monoisotopic (exact) mass is 293 g/mol. The topological polar surface area (TPSA) is 51.0 Å². The fourth-order valence-electron chi connectivity index (χ4n) is 2.30. The smallest absolute Gasteiger partial charge is 0.230 e. The van der Waals surface area contributed by atoms with Gasteiger partial charge >= 0.3 is 0 Å². The van der Waals surface area contributed by atoms with Crippen molar-refractivity contribution in [2.75, 3.05) is 0 Å². The molecule has 1 aromatic heterocycles. The molecule has 1 heterocycles. The molecule has 0 aliphatic carbocycles. The number of hydrogen-bond acceptors (Lipinski definition) is 4. The van der Waals surface area contributed by atoms with Gasteiger partial charge in [-0.1, -0.05) is 60.7 Å². The molecule has 3 rings (SSSR count). The van der Waals surface area contributed by atoms with Gasteiger partial charge in [0.25, 0.3) is 0 Å². The Labute approximate surface area is 130 Å². The number of nitrogens with zero attached hydrogens (tertiary/aromatic N) is 2. The van der Waals surface area contributed by atoms with E-state index in [9.17, 15) is 0 Å². The molecule has 0 radical (unpaired) electrons. The van der Waals surface area contributed by atoms with E-state index >= 15 is 0 Å². The second kappa shape index (κ2) is 7.00. The number of aromatic nitrogens is 2. The first-order valence-corrected chi connectivity index (χ1v) is 7.45. The second-order valence-electron chi connectivity index (χ2n) is 5.27. The molecule has 0 aliphatic heterocycles. The van der Waals surface area contributed by atoms with Gasteiger partial charge in [0.1, 0.15) is 0 Å². The van der Waals surface area contributed by atoms with Gasteiger partial charge in [-0.2, -0.15) is 0 Å². The highest BCUT2D eigenvalue weighted by Crippen LogP contribution is 2.13. The molecule has 0 bridgehead atoms. The molecule has 3 aromatic rings. The van der Waals surface area contributed by atoms with Crippen LogP contribution in [0.5, 0.6) is 0 Å². The Balaban J connectivity index is 1.56. The predicted octanol–water partition coefficient (Wildman–Crippen LogP) is 3.51. The maximum atomic E-state index is 5.69. The minimum atomic E-state index is 0.241. The van der Waals surface area contributed by atoms with Crippen LogP contribution in [0.2, 0.25) is 0 Å². The Hall–Kier alpha value is -2.46. The van der Waals surface area contributed by atoms with Crippen LogP contribution in [0.3, 0.4) is 0 Å². The molecule has 0 spiro atoms. The Morgan fingerprint density at radius 2 is 1.55 bits per heavy atom. The van der Waals surface area contributed by atoms with Crippen LogP contribution in [0.25, 0.3) is 0 Å². The van der Waals surface area contributed by atoms with Gasteiger partial charge in [0.05, 0.1) is 13.0 Å². The van der Waals surface area contributed by atoms with Gasteiger partial charge in [-0.3, -0.25) is 0 Å². The molecule has 0 fully saturated rings. The lowest BCUT2D eigenvalue weighted by molar-refractivity contribution is 0.424. The van der Waals surface area contributed by atoms with Gasteiger partial charge in [-0.05, 0) is 18.1 Å². The highest BCUT2D eigenvalue weighted by atomic mass is 16.4. The third kappa shape index (κ3) is 3.80. The molecule has 112 valence electrons. The molecule has 2 aromatic carbocycles. The molecular formula is C18H19N3O. The van der Waals surface area contributed by atoms with Crippen molar-refractivity contribution < 1.29 is 4.42 Å². The number of benzene rings is 2. The van der Waals surface area contributed by atoms with Crippen molar-refractivity contribution in [2.45, 2.75) is 25.9 Å². The average Bonchev–Trinajstić information content (AvgIpc) is 3.02. The van der Waals surface area contributed by atoms with Crippen LogP contribution in [-0.4, -0.2) is 10.2 Å². The Morgan fingerprint density at radius 1 is 0.909 bits per heavy atom. The lowest BCUT2D eigenvalue weighted by Gasteiger charge is -2.12. The van der Waals surface area contributed by atoms with Gasteiger partial charge in [-0.15, -0.1) is 10.2 Å². The quantitative estimate of drug-likeness (QED) is 0.755. The summed E-state index contributed by atoms with van der Waals surface area (Å²) in [7, 11) is 0. The van der Waals surface area contributed by atoms with Crippen LogP contribution in [-0.2, 0) is 13.0 Å². The summed E-state index contributed by atoms with van der Waals surface area (Å²) in [5.41, 5.74) is 2.41. The standard InChI is InChI=1S/C18H19N3O/c1-14(16-10-6-3-7-11-16)19-13-18-21-20-17(22-18)12-15-8-4-2-5-9-15/h2-11,14,19H,12-13H2,1H3. The highest BCUT2D eigenvalue weighted by molar-refractivity contribution is 5.19. The first-order chi connectivity index (χ1) is 10.8. The van der Waals surface area contributed by atoms with Crippen LogP contribution in [0, 0.1) is 0 Å². The summed E-state index contributed by atoms with van der Waals surface area (Å²) in [5, 5.41) is 11.6. The fraction of sp³-hybridized carbons (Fsp3) is 0.222. The van der Waals surface area contributed by atoms with E-state index in [2.05, 4.69) is 46.7 Å². The van der Waals surface area contributed by atoms with E-state index in [4.69, 9.17) is 4.42 Å². The molecule has 0 saturated heterocycles. The zero-order valence-electron chi connectivity index (χ0n) is 12.6. The number of hydrogen-bond donors (Lipinski definition) is 1. The van der Waals surface area contributed by atoms with Gasteiger partial charge in [0.15, 0.2) is 0 Å². The van der Waals surface area contributed by atoms with E-state index in [0.29, 0.717) is 24.7 Å². The van der Waals surface area contributed by atoms with Crippen LogP contribution in [0.4, 0.5) is 0 Å². The van der Waals surface area contributed by atoms with Gasteiger partial charge in [0.2, 0.25) is 11.8 Å². The van der Waals surface area contributed by atoms with E-state index in [1.807, 2.05) is 36.4 Å². The largest absolute Gasteiger partial charge is 0.424 e. The van der Waals surface area contributed by atoms with E-state index < -0.39 is 0 Å². The summed E-state index contributed by atoms with van der Waals surface area (Å²) < 4.78 is 5.69. The second-order valence-corrected chi connectivity index (χ2v) is 5.27. The van der Waals surface area contributed by atoms with Crippen molar-refractivity contribution >= 4 is 0 Å². The zero-order chi connectivity index (χ0) is 15.2. The van der Waals surface area contributed by atoms with Crippen molar-refractivity contribution in [3.05, 3.63) is 83.6 Å². The summed E-state index contributed by atoms with van der Waals surface area (Å²) in [6.45, 7) is 2.69. The van der Waals surface area contributed by atoms with Crippen LogP contribution in [0.15, 0.2) is 65.1 Å². The fourth-order valence-corrected chi connectivity index (χ4v) is 2.30. The van der Waals surface area contributed by atoms with Crippen LogP contribution >= 0.6 is 0 Å². The Morgan fingerprint density at radius 3 is 2.27 bits per heavy atom. The average molecular weight is 293 g/mol. The molecule has 1 N–H and O–H groups in total. The normalized spacial score (nSPS) is 12.2. The Kier molecular flexibility index (Phi) is 4.61. The molecule has 0 amide bonds. The third-order valence-electron chi connectivity index (χ3n) is 3.57. The predicted molar refractivity (Wildman–Crippen MR) is 85.2 cm³/mol. The maximum Gasteiger partial charge on any atom is 0.230 e. The van der Waals surface area contributed by atoms with Crippen LogP contribution in [0.1, 0.15) is 35.9 Å². The summed E-state index contributed by atoms with van der Waals surface area (Å²) in [6.07, 6.45) is 0.669. The van der Waals surface area contributed by atoms with E-state index in [1.165, 1.54) is 11.1 Å². The highest BCUT2D eigenvalue weighted by Gasteiger charge is 2.09. The molecule has 22 heavy (non-hydrogen) atoms. The Bertz CT molecular complexity index is 695. The lowest BCUT2D eigenvalue weighted by Crippen LogP contribution is -2.18. The first-order valence-electron chi connectivity index (χ1n) is 7.45. The molecule has 4 heteroatoms. The van der Waals surface area contributed by atoms with Gasteiger partial charge in [0, 0.05) is 6.04 Å². The first kappa shape index (κ1) is 14.5. The summed E-state index contributed by atoms with van der Waals surface area (Å²) in [4.78, 5) is 0. The SMILES string of the molecule is CC(NCc1nnc(Cc2ccccc2)o1)c1ccccc1. The third-order valence-corrected chi connectivity index (χ3v) is 3.57. The van der Waals surface area contributed by atoms with Crippen molar-refractivity contribution in [3.63, 3.8) is 0 Å². The van der Waals surface area contributed by atoms with Crippen molar-refractivity contribution in [2.24, 2.45) is 0 Å². The van der Waals surface area contributed by atoms with Gasteiger partial charge < -0.3 is 9.73 Å². The minimum absolute atomic E-state index is 0.241.